The molecule has 3 rings (SSSR count). The number of nitrogens with one attached hydrogen (secondary N) is 2. The summed E-state index contributed by atoms with van der Waals surface area (Å²) >= 11 is 0. The van der Waals surface area contributed by atoms with Crippen molar-refractivity contribution in [2.75, 3.05) is 7.05 Å². The topological polar surface area (TPSA) is 87.7 Å². The van der Waals surface area contributed by atoms with E-state index >= 15 is 0 Å². The Hall–Kier alpha value is -3.35. The van der Waals surface area contributed by atoms with Crippen LogP contribution in [0.1, 0.15) is 75.6 Å². The van der Waals surface area contributed by atoms with Crippen LogP contribution in [0.15, 0.2) is 54.6 Å². The van der Waals surface area contributed by atoms with Crippen LogP contribution in [0.25, 0.3) is 0 Å². The summed E-state index contributed by atoms with van der Waals surface area (Å²) in [5.41, 5.74) is 1.87. The second-order valence-electron chi connectivity index (χ2n) is 10.9. The van der Waals surface area contributed by atoms with E-state index in [9.17, 15) is 14.4 Å². The maximum Gasteiger partial charge on any atom is 0.408 e. The Balaban J connectivity index is 1.90. The first-order valence-electron chi connectivity index (χ1n) is 13.2. The van der Waals surface area contributed by atoms with Gasteiger partial charge in [-0.2, -0.15) is 0 Å². The molecule has 37 heavy (non-hydrogen) atoms. The van der Waals surface area contributed by atoms with Gasteiger partial charge in [0.1, 0.15) is 17.7 Å². The molecule has 3 amide bonds. The lowest BCUT2D eigenvalue weighted by Crippen LogP contribution is -2.53. The minimum absolute atomic E-state index is 0.108. The lowest BCUT2D eigenvalue weighted by atomic mass is 9.93. The highest BCUT2D eigenvalue weighted by Gasteiger charge is 2.35. The first-order valence-corrected chi connectivity index (χ1v) is 13.2. The lowest BCUT2D eigenvalue weighted by Gasteiger charge is -2.34. The van der Waals surface area contributed by atoms with Gasteiger partial charge in [-0.05, 0) is 57.2 Å². The van der Waals surface area contributed by atoms with E-state index in [2.05, 4.69) is 10.6 Å². The number of benzene rings is 2. The SMILES string of the molecule is Cc1ccccc1C(C(=O)NC1CCCCC1)N(C)C(=O)C(Cc1ccccc1)NC(=O)OC(C)(C)C. The van der Waals surface area contributed by atoms with Gasteiger partial charge >= 0.3 is 6.09 Å². The van der Waals surface area contributed by atoms with Crippen LogP contribution < -0.4 is 10.6 Å². The predicted octanol–water partition coefficient (Wildman–Crippen LogP) is 5.08. The summed E-state index contributed by atoms with van der Waals surface area (Å²) in [7, 11) is 1.63. The van der Waals surface area contributed by atoms with Crippen molar-refractivity contribution in [3.05, 3.63) is 71.3 Å². The van der Waals surface area contributed by atoms with Crippen LogP contribution in [0.3, 0.4) is 0 Å². The molecule has 0 heterocycles. The summed E-state index contributed by atoms with van der Waals surface area (Å²) in [4.78, 5) is 41.8. The highest BCUT2D eigenvalue weighted by molar-refractivity contribution is 5.92. The molecule has 2 aromatic carbocycles. The number of likely N-dealkylation sites (N-methyl/N-ethyl adjacent to an activating group) is 1. The van der Waals surface area contributed by atoms with E-state index in [1.54, 1.807) is 27.8 Å². The molecule has 0 bridgehead atoms. The zero-order valence-corrected chi connectivity index (χ0v) is 22.8. The fraction of sp³-hybridized carbons (Fsp3) is 0.500. The zero-order valence-electron chi connectivity index (χ0n) is 22.8. The van der Waals surface area contributed by atoms with Gasteiger partial charge in [-0.3, -0.25) is 9.59 Å². The minimum Gasteiger partial charge on any atom is -0.444 e. The van der Waals surface area contributed by atoms with Crippen LogP contribution in [-0.2, 0) is 20.7 Å². The molecule has 1 fully saturated rings. The smallest absolute Gasteiger partial charge is 0.408 e. The number of ether oxygens (including phenoxy) is 1. The van der Waals surface area contributed by atoms with E-state index in [0.29, 0.717) is 0 Å². The minimum atomic E-state index is -0.906. The molecular formula is C30H41N3O4. The number of amides is 3. The van der Waals surface area contributed by atoms with Crippen molar-refractivity contribution >= 4 is 17.9 Å². The fourth-order valence-electron chi connectivity index (χ4n) is 4.82. The van der Waals surface area contributed by atoms with Crippen molar-refractivity contribution in [2.45, 2.75) is 89.9 Å². The van der Waals surface area contributed by atoms with Gasteiger partial charge in [0.15, 0.2) is 0 Å². The number of carbonyl (C=O) groups excluding carboxylic acids is 3. The van der Waals surface area contributed by atoms with Crippen molar-refractivity contribution in [3.8, 4) is 0 Å². The fourth-order valence-corrected chi connectivity index (χ4v) is 4.82. The lowest BCUT2D eigenvalue weighted by molar-refractivity contribution is -0.141. The standard InChI is InChI=1S/C30H41N3O4/c1-21-14-12-13-19-24(21)26(27(34)31-23-17-10-7-11-18-23)33(5)28(35)25(20-22-15-8-6-9-16-22)32-29(36)37-30(2,3)4/h6,8-9,12-16,19,23,25-26H,7,10-11,17-18,20H2,1-5H3,(H,31,34)(H,32,36). The maximum atomic E-state index is 13.9. The Labute approximate surface area is 221 Å². The largest absolute Gasteiger partial charge is 0.444 e. The van der Waals surface area contributed by atoms with E-state index in [1.807, 2.05) is 61.5 Å². The molecule has 2 aromatic rings. The number of hydrogen-bond acceptors (Lipinski definition) is 4. The quantitative estimate of drug-likeness (QED) is 0.522. The first kappa shape index (κ1) is 28.2. The molecule has 0 aromatic heterocycles. The summed E-state index contributed by atoms with van der Waals surface area (Å²) in [6, 6.07) is 15.5. The second kappa shape index (κ2) is 12.7. The van der Waals surface area contributed by atoms with Crippen molar-refractivity contribution in [1.29, 1.82) is 0 Å². The summed E-state index contributed by atoms with van der Waals surface area (Å²) in [6.07, 6.45) is 4.86. The normalized spacial score (nSPS) is 15.8. The number of aryl methyl sites for hydroxylation is 1. The highest BCUT2D eigenvalue weighted by Crippen LogP contribution is 2.26. The average molecular weight is 508 g/mol. The average Bonchev–Trinajstić information content (AvgIpc) is 2.84. The van der Waals surface area contributed by atoms with Crippen LogP contribution in [0.4, 0.5) is 4.79 Å². The molecule has 0 radical (unpaired) electrons. The molecule has 0 aliphatic heterocycles. The Morgan fingerprint density at radius 3 is 2.22 bits per heavy atom. The third-order valence-corrected chi connectivity index (χ3v) is 6.69. The predicted molar refractivity (Wildman–Crippen MR) is 145 cm³/mol. The maximum absolute atomic E-state index is 13.9. The Bertz CT molecular complexity index is 1060. The Morgan fingerprint density at radius 2 is 1.59 bits per heavy atom. The second-order valence-corrected chi connectivity index (χ2v) is 10.9. The van der Waals surface area contributed by atoms with Gasteiger partial charge in [0.05, 0.1) is 0 Å². The molecule has 200 valence electrons. The molecular weight excluding hydrogens is 466 g/mol. The molecule has 2 N–H and O–H groups in total. The third-order valence-electron chi connectivity index (χ3n) is 6.69. The van der Waals surface area contributed by atoms with E-state index in [-0.39, 0.29) is 24.3 Å². The Morgan fingerprint density at radius 1 is 0.973 bits per heavy atom. The molecule has 7 heteroatoms. The summed E-state index contributed by atoms with van der Waals surface area (Å²) in [5, 5.41) is 5.96. The van der Waals surface area contributed by atoms with Crippen molar-refractivity contribution in [3.63, 3.8) is 0 Å². The van der Waals surface area contributed by atoms with E-state index < -0.39 is 23.8 Å². The molecule has 2 unspecified atom stereocenters. The van der Waals surface area contributed by atoms with Crippen molar-refractivity contribution in [1.82, 2.24) is 15.5 Å². The summed E-state index contributed by atoms with van der Waals surface area (Å²) in [5.74, 6) is -0.561. The molecule has 7 nitrogen and oxygen atoms in total. The Kier molecular flexibility index (Phi) is 9.73. The number of carbonyl (C=O) groups is 3. The zero-order chi connectivity index (χ0) is 27.0. The van der Waals surface area contributed by atoms with Gasteiger partial charge in [0.2, 0.25) is 11.8 Å². The van der Waals surface area contributed by atoms with Crippen molar-refractivity contribution in [2.24, 2.45) is 0 Å². The number of hydrogen-bond donors (Lipinski definition) is 2. The monoisotopic (exact) mass is 507 g/mol. The van der Waals surface area contributed by atoms with E-state index in [0.717, 1.165) is 42.4 Å². The van der Waals surface area contributed by atoms with Crippen molar-refractivity contribution < 1.29 is 19.1 Å². The molecule has 0 saturated heterocycles. The molecule has 1 saturated carbocycles. The van der Waals surface area contributed by atoms with Crippen LogP contribution in [-0.4, -0.2) is 47.5 Å². The number of nitrogens with zero attached hydrogens (tertiary/aromatic N) is 1. The van der Waals surface area contributed by atoms with Crippen LogP contribution in [0.5, 0.6) is 0 Å². The molecule has 1 aliphatic rings. The van der Waals surface area contributed by atoms with Gasteiger partial charge in [0.25, 0.3) is 0 Å². The molecule has 2 atom stereocenters. The molecule has 1 aliphatic carbocycles. The van der Waals surface area contributed by atoms with Crippen LogP contribution >= 0.6 is 0 Å². The first-order chi connectivity index (χ1) is 17.5. The molecule has 0 spiro atoms. The van der Waals surface area contributed by atoms with E-state index in [1.165, 1.54) is 11.3 Å². The van der Waals surface area contributed by atoms with E-state index in [4.69, 9.17) is 4.74 Å². The van der Waals surface area contributed by atoms with Gasteiger partial charge in [-0.15, -0.1) is 0 Å². The van der Waals surface area contributed by atoms with Gasteiger partial charge < -0.3 is 20.3 Å². The highest BCUT2D eigenvalue weighted by atomic mass is 16.6. The summed E-state index contributed by atoms with van der Waals surface area (Å²) < 4.78 is 5.45. The summed E-state index contributed by atoms with van der Waals surface area (Å²) in [6.45, 7) is 7.26. The van der Waals surface area contributed by atoms with Gasteiger partial charge in [-0.25, -0.2) is 4.79 Å². The van der Waals surface area contributed by atoms with Crippen LogP contribution in [0.2, 0.25) is 0 Å². The number of alkyl carbamates (subject to hydrolysis) is 1. The number of rotatable bonds is 8. The van der Waals surface area contributed by atoms with Crippen LogP contribution in [0, 0.1) is 6.92 Å². The third kappa shape index (κ3) is 8.34. The van der Waals surface area contributed by atoms with Gasteiger partial charge in [-0.1, -0.05) is 73.9 Å². The van der Waals surface area contributed by atoms with Gasteiger partial charge in [0, 0.05) is 19.5 Å².